The lowest BCUT2D eigenvalue weighted by Gasteiger charge is -2.33. The number of H-pyrrole nitrogens is 1. The van der Waals surface area contributed by atoms with Crippen LogP contribution in [0.25, 0.3) is 11.2 Å². The molecule has 1 aliphatic rings. The predicted molar refractivity (Wildman–Crippen MR) is 99.5 cm³/mol. The molecule has 3 heterocycles. The molecule has 0 radical (unpaired) electrons. The molecule has 1 aliphatic heterocycles. The van der Waals surface area contributed by atoms with Crippen molar-refractivity contribution in [2.24, 2.45) is 13.0 Å². The Morgan fingerprint density at radius 3 is 2.77 bits per heavy atom. The van der Waals surface area contributed by atoms with E-state index in [1.165, 1.54) is 4.57 Å². The summed E-state index contributed by atoms with van der Waals surface area (Å²) in [4.78, 5) is 33.5. The summed E-state index contributed by atoms with van der Waals surface area (Å²) in [6, 6.07) is 5.97. The molecule has 0 aliphatic carbocycles. The number of nitrogens with zero attached hydrogens (tertiary/aromatic N) is 4. The van der Waals surface area contributed by atoms with E-state index in [0.717, 1.165) is 23.5 Å². The van der Waals surface area contributed by atoms with Gasteiger partial charge in [0.25, 0.3) is 5.56 Å². The van der Waals surface area contributed by atoms with E-state index in [1.807, 2.05) is 29.7 Å². The smallest absolute Gasteiger partial charge is 0.329 e. The molecule has 0 fully saturated rings. The minimum absolute atomic E-state index is 0.293. The summed E-state index contributed by atoms with van der Waals surface area (Å²) in [5.41, 5.74) is 1.94. The Morgan fingerprint density at radius 1 is 1.27 bits per heavy atom. The van der Waals surface area contributed by atoms with Gasteiger partial charge in [0, 0.05) is 20.1 Å². The van der Waals surface area contributed by atoms with E-state index in [-0.39, 0.29) is 0 Å². The number of aromatic nitrogens is 4. The third-order valence-corrected chi connectivity index (χ3v) is 4.84. The van der Waals surface area contributed by atoms with Gasteiger partial charge in [0.05, 0.1) is 12.8 Å². The highest BCUT2D eigenvalue weighted by Crippen LogP contribution is 2.38. The van der Waals surface area contributed by atoms with Crippen LogP contribution in [-0.4, -0.2) is 32.8 Å². The Morgan fingerprint density at radius 2 is 2.04 bits per heavy atom. The minimum atomic E-state index is -0.467. The molecular formula is C18H21N5O3. The van der Waals surface area contributed by atoms with E-state index in [4.69, 9.17) is 4.74 Å². The van der Waals surface area contributed by atoms with Gasteiger partial charge in [0.1, 0.15) is 5.75 Å². The molecule has 0 spiro atoms. The third kappa shape index (κ3) is 2.33. The molecule has 3 aromatic rings. The number of aromatic amines is 1. The summed E-state index contributed by atoms with van der Waals surface area (Å²) < 4.78 is 8.81. The molecule has 26 heavy (non-hydrogen) atoms. The summed E-state index contributed by atoms with van der Waals surface area (Å²) in [7, 11) is 3.25. The number of hydrogen-bond acceptors (Lipinski definition) is 5. The number of fused-ring (bicyclic) bond motifs is 3. The number of imidazole rings is 1. The maximum Gasteiger partial charge on any atom is 0.329 e. The summed E-state index contributed by atoms with van der Waals surface area (Å²) >= 11 is 0. The largest absolute Gasteiger partial charge is 0.495 e. The Labute approximate surface area is 149 Å². The van der Waals surface area contributed by atoms with Crippen LogP contribution in [0.2, 0.25) is 0 Å². The zero-order chi connectivity index (χ0) is 18.6. The van der Waals surface area contributed by atoms with Crippen molar-refractivity contribution in [3.63, 3.8) is 0 Å². The van der Waals surface area contributed by atoms with Crippen molar-refractivity contribution in [3.05, 3.63) is 44.6 Å². The summed E-state index contributed by atoms with van der Waals surface area (Å²) in [6.07, 6.45) is 0. The fourth-order valence-corrected chi connectivity index (χ4v) is 3.58. The number of aryl methyl sites for hydroxylation is 2. The fraction of sp³-hybridized carbons (Fsp3) is 0.389. The highest BCUT2D eigenvalue weighted by molar-refractivity contribution is 5.78. The predicted octanol–water partition coefficient (Wildman–Crippen LogP) is 1.53. The van der Waals surface area contributed by atoms with Gasteiger partial charge in [-0.1, -0.05) is 13.0 Å². The van der Waals surface area contributed by atoms with E-state index in [9.17, 15) is 9.59 Å². The minimum Gasteiger partial charge on any atom is -0.495 e. The van der Waals surface area contributed by atoms with Crippen LogP contribution in [0, 0.1) is 12.8 Å². The van der Waals surface area contributed by atoms with Crippen LogP contribution in [0.4, 0.5) is 11.6 Å². The van der Waals surface area contributed by atoms with Crippen molar-refractivity contribution in [2.75, 3.05) is 18.6 Å². The first kappa shape index (κ1) is 16.4. The monoisotopic (exact) mass is 355 g/mol. The molecule has 8 nitrogen and oxygen atoms in total. The highest BCUT2D eigenvalue weighted by atomic mass is 16.5. The lowest BCUT2D eigenvalue weighted by Crippen LogP contribution is -2.35. The van der Waals surface area contributed by atoms with Crippen LogP contribution in [0.1, 0.15) is 12.5 Å². The Kier molecular flexibility index (Phi) is 3.64. The van der Waals surface area contributed by atoms with Gasteiger partial charge in [0.15, 0.2) is 11.2 Å². The van der Waals surface area contributed by atoms with Gasteiger partial charge >= 0.3 is 5.69 Å². The molecule has 0 saturated carbocycles. The number of methoxy groups -OCH3 is 1. The molecule has 0 unspecified atom stereocenters. The number of nitrogens with one attached hydrogen (secondary N) is 1. The number of rotatable bonds is 2. The van der Waals surface area contributed by atoms with Gasteiger partial charge in [-0.15, -0.1) is 0 Å². The third-order valence-electron chi connectivity index (χ3n) is 4.84. The van der Waals surface area contributed by atoms with Crippen molar-refractivity contribution < 1.29 is 4.74 Å². The Balaban J connectivity index is 2.03. The lowest BCUT2D eigenvalue weighted by molar-refractivity contribution is 0.409. The maximum atomic E-state index is 12.4. The second kappa shape index (κ2) is 5.76. The average Bonchev–Trinajstić information content (AvgIpc) is 2.99. The zero-order valence-electron chi connectivity index (χ0n) is 15.2. The van der Waals surface area contributed by atoms with Gasteiger partial charge in [-0.25, -0.2) is 4.79 Å². The van der Waals surface area contributed by atoms with Crippen LogP contribution in [-0.2, 0) is 13.6 Å². The molecule has 0 bridgehead atoms. The van der Waals surface area contributed by atoms with E-state index in [0.29, 0.717) is 29.6 Å². The summed E-state index contributed by atoms with van der Waals surface area (Å²) in [5.74, 6) is 1.68. The summed E-state index contributed by atoms with van der Waals surface area (Å²) in [5, 5.41) is 0. The highest BCUT2D eigenvalue weighted by Gasteiger charge is 2.30. The molecule has 136 valence electrons. The quantitative estimate of drug-likeness (QED) is 0.753. The lowest BCUT2D eigenvalue weighted by atomic mass is 10.1. The number of hydrogen-bond donors (Lipinski definition) is 1. The number of anilines is 2. The molecular weight excluding hydrogens is 334 g/mol. The maximum absolute atomic E-state index is 12.4. The standard InChI is InChI=1S/C18H21N5O3/c1-10-5-6-13(26-4)12(7-10)22-8-11(2)9-23-14-15(19-17(22)23)21(3)18(25)20-16(14)24/h5-7,11H,8-9H2,1-4H3,(H,20,24,25)/t11-/m0/s1. The van der Waals surface area contributed by atoms with Crippen molar-refractivity contribution in [3.8, 4) is 5.75 Å². The van der Waals surface area contributed by atoms with Crippen LogP contribution in [0.15, 0.2) is 27.8 Å². The van der Waals surface area contributed by atoms with Gasteiger partial charge in [0.2, 0.25) is 5.95 Å². The average molecular weight is 355 g/mol. The topological polar surface area (TPSA) is 85.2 Å². The molecule has 0 amide bonds. The number of benzene rings is 1. The van der Waals surface area contributed by atoms with Crippen molar-refractivity contribution in [1.29, 1.82) is 0 Å². The van der Waals surface area contributed by atoms with Gasteiger partial charge < -0.3 is 14.2 Å². The first-order chi connectivity index (χ1) is 12.4. The van der Waals surface area contributed by atoms with Crippen molar-refractivity contribution >= 4 is 22.8 Å². The molecule has 4 rings (SSSR count). The Bertz CT molecular complexity index is 1120. The molecule has 0 saturated heterocycles. The Hall–Kier alpha value is -3.03. The SMILES string of the molecule is COc1ccc(C)cc1N1C[C@H](C)Cn2c1nc1c2c(=O)[nH]c(=O)n1C. The van der Waals surface area contributed by atoms with Gasteiger partial charge in [-0.05, 0) is 30.5 Å². The first-order valence-electron chi connectivity index (χ1n) is 8.52. The van der Waals surface area contributed by atoms with Crippen LogP contribution < -0.4 is 20.9 Å². The summed E-state index contributed by atoms with van der Waals surface area (Å²) in [6.45, 7) is 5.56. The van der Waals surface area contributed by atoms with E-state index < -0.39 is 11.2 Å². The molecule has 1 aromatic carbocycles. The zero-order valence-corrected chi connectivity index (χ0v) is 15.2. The molecule has 1 atom stereocenters. The van der Waals surface area contributed by atoms with Crippen LogP contribution in [0.5, 0.6) is 5.75 Å². The normalized spacial score (nSPS) is 16.8. The first-order valence-corrected chi connectivity index (χ1v) is 8.52. The van der Waals surface area contributed by atoms with E-state index in [2.05, 4.69) is 21.8 Å². The van der Waals surface area contributed by atoms with E-state index >= 15 is 0 Å². The van der Waals surface area contributed by atoms with Crippen LogP contribution in [0.3, 0.4) is 0 Å². The molecule has 8 heteroatoms. The molecule has 2 aromatic heterocycles. The fourth-order valence-electron chi connectivity index (χ4n) is 3.58. The van der Waals surface area contributed by atoms with Crippen molar-refractivity contribution in [1.82, 2.24) is 19.1 Å². The van der Waals surface area contributed by atoms with E-state index in [1.54, 1.807) is 14.2 Å². The molecule has 1 N–H and O–H groups in total. The van der Waals surface area contributed by atoms with Crippen LogP contribution >= 0.6 is 0 Å². The second-order valence-corrected chi connectivity index (χ2v) is 6.90. The second-order valence-electron chi connectivity index (χ2n) is 6.90. The van der Waals surface area contributed by atoms with Crippen molar-refractivity contribution in [2.45, 2.75) is 20.4 Å². The van der Waals surface area contributed by atoms with Gasteiger partial charge in [-0.2, -0.15) is 4.98 Å². The number of ether oxygens (including phenoxy) is 1. The van der Waals surface area contributed by atoms with Gasteiger partial charge in [-0.3, -0.25) is 14.3 Å².